The summed E-state index contributed by atoms with van der Waals surface area (Å²) in [5.41, 5.74) is 3.75. The Labute approximate surface area is 145 Å². The Morgan fingerprint density at radius 2 is 1.71 bits per heavy atom. The Hall–Kier alpha value is -1.68. The van der Waals surface area contributed by atoms with E-state index >= 15 is 0 Å². The van der Waals surface area contributed by atoms with Crippen LogP contribution in [0.1, 0.15) is 29.7 Å². The van der Waals surface area contributed by atoms with Crippen LogP contribution in [0.2, 0.25) is 0 Å². The molecule has 2 aromatic carbocycles. The average molecular weight is 327 g/mol. The predicted molar refractivity (Wildman–Crippen MR) is 99.1 cm³/mol. The molecule has 3 unspecified atom stereocenters. The van der Waals surface area contributed by atoms with Gasteiger partial charge in [-0.15, -0.1) is 0 Å². The van der Waals surface area contributed by atoms with Gasteiger partial charge < -0.3 is 15.2 Å². The number of ether oxygens (including phenoxy) is 1. The van der Waals surface area contributed by atoms with E-state index in [9.17, 15) is 5.11 Å². The van der Waals surface area contributed by atoms with E-state index in [1.807, 2.05) is 18.2 Å². The summed E-state index contributed by atoms with van der Waals surface area (Å²) in [5.74, 6) is 0.196. The fourth-order valence-corrected chi connectivity index (χ4v) is 3.08. The SMILES string of the molecule is COC(c1ccccc1)C(C)NCC(CO)Cc1ccccc1C. The van der Waals surface area contributed by atoms with Gasteiger partial charge in [-0.05, 0) is 42.9 Å². The Bertz CT molecular complexity index is 600. The average Bonchev–Trinajstić information content (AvgIpc) is 2.61. The molecule has 0 aliphatic carbocycles. The van der Waals surface area contributed by atoms with Crippen LogP contribution >= 0.6 is 0 Å². The van der Waals surface area contributed by atoms with E-state index in [1.165, 1.54) is 16.7 Å². The molecule has 0 aliphatic heterocycles. The molecule has 3 heteroatoms. The molecular weight excluding hydrogens is 298 g/mol. The number of aryl methyl sites for hydroxylation is 1. The lowest BCUT2D eigenvalue weighted by Crippen LogP contribution is -2.38. The van der Waals surface area contributed by atoms with Gasteiger partial charge in [0.15, 0.2) is 0 Å². The van der Waals surface area contributed by atoms with Crippen molar-refractivity contribution >= 4 is 0 Å². The molecule has 0 radical (unpaired) electrons. The first-order valence-electron chi connectivity index (χ1n) is 8.62. The summed E-state index contributed by atoms with van der Waals surface area (Å²) in [7, 11) is 1.74. The van der Waals surface area contributed by atoms with Crippen molar-refractivity contribution in [3.8, 4) is 0 Å². The van der Waals surface area contributed by atoms with Crippen LogP contribution < -0.4 is 5.32 Å². The third kappa shape index (κ3) is 5.17. The normalized spacial score (nSPS) is 15.0. The van der Waals surface area contributed by atoms with Crippen LogP contribution in [0, 0.1) is 12.8 Å². The number of methoxy groups -OCH3 is 1. The summed E-state index contributed by atoms with van der Waals surface area (Å²) >= 11 is 0. The lowest BCUT2D eigenvalue weighted by Gasteiger charge is -2.26. The second-order valence-corrected chi connectivity index (χ2v) is 6.44. The van der Waals surface area contributed by atoms with Gasteiger partial charge in [0.2, 0.25) is 0 Å². The zero-order chi connectivity index (χ0) is 17.4. The van der Waals surface area contributed by atoms with Crippen LogP contribution in [0.5, 0.6) is 0 Å². The maximum absolute atomic E-state index is 9.73. The first-order valence-corrected chi connectivity index (χ1v) is 8.62. The van der Waals surface area contributed by atoms with Crippen molar-refractivity contribution in [2.24, 2.45) is 5.92 Å². The van der Waals surface area contributed by atoms with E-state index in [0.717, 1.165) is 13.0 Å². The Morgan fingerprint density at radius 1 is 1.04 bits per heavy atom. The zero-order valence-electron chi connectivity index (χ0n) is 14.9. The lowest BCUT2D eigenvalue weighted by molar-refractivity contribution is 0.0705. The summed E-state index contributed by atoms with van der Waals surface area (Å²) in [4.78, 5) is 0. The van der Waals surface area contributed by atoms with Gasteiger partial charge in [-0.2, -0.15) is 0 Å². The molecule has 0 amide bonds. The second kappa shape index (κ2) is 9.58. The van der Waals surface area contributed by atoms with E-state index in [0.29, 0.717) is 0 Å². The number of aliphatic hydroxyl groups excluding tert-OH is 1. The van der Waals surface area contributed by atoms with Crippen molar-refractivity contribution in [3.05, 3.63) is 71.3 Å². The van der Waals surface area contributed by atoms with Gasteiger partial charge in [-0.3, -0.25) is 0 Å². The molecule has 0 fully saturated rings. The summed E-state index contributed by atoms with van der Waals surface area (Å²) in [5, 5.41) is 13.3. The molecule has 3 atom stereocenters. The highest BCUT2D eigenvalue weighted by molar-refractivity contribution is 5.26. The Kier molecular flexibility index (Phi) is 7.44. The fourth-order valence-electron chi connectivity index (χ4n) is 3.08. The third-order valence-corrected chi connectivity index (χ3v) is 4.59. The predicted octanol–water partition coefficient (Wildman–Crippen LogP) is 3.51. The summed E-state index contributed by atoms with van der Waals surface area (Å²) in [6, 6.07) is 18.8. The Morgan fingerprint density at radius 3 is 2.33 bits per heavy atom. The highest BCUT2D eigenvalue weighted by Gasteiger charge is 2.20. The van der Waals surface area contributed by atoms with Crippen molar-refractivity contribution < 1.29 is 9.84 Å². The molecule has 24 heavy (non-hydrogen) atoms. The van der Waals surface area contributed by atoms with Gasteiger partial charge >= 0.3 is 0 Å². The molecule has 130 valence electrons. The van der Waals surface area contributed by atoms with E-state index in [2.05, 4.69) is 55.6 Å². The smallest absolute Gasteiger partial charge is 0.0971 e. The third-order valence-electron chi connectivity index (χ3n) is 4.59. The van der Waals surface area contributed by atoms with Gasteiger partial charge in [0, 0.05) is 26.3 Å². The van der Waals surface area contributed by atoms with Crippen molar-refractivity contribution in [2.75, 3.05) is 20.3 Å². The maximum atomic E-state index is 9.73. The van der Waals surface area contributed by atoms with E-state index < -0.39 is 0 Å². The van der Waals surface area contributed by atoms with E-state index in [-0.39, 0.29) is 24.7 Å². The summed E-state index contributed by atoms with van der Waals surface area (Å²) in [6.07, 6.45) is 0.885. The monoisotopic (exact) mass is 327 g/mol. The topological polar surface area (TPSA) is 41.5 Å². The van der Waals surface area contributed by atoms with E-state index in [1.54, 1.807) is 7.11 Å². The molecule has 0 spiro atoms. The number of benzene rings is 2. The van der Waals surface area contributed by atoms with Crippen LogP contribution in [-0.4, -0.2) is 31.4 Å². The van der Waals surface area contributed by atoms with Crippen molar-refractivity contribution in [2.45, 2.75) is 32.4 Å². The second-order valence-electron chi connectivity index (χ2n) is 6.44. The minimum Gasteiger partial charge on any atom is -0.396 e. The van der Waals surface area contributed by atoms with Crippen LogP contribution in [0.25, 0.3) is 0 Å². The highest BCUT2D eigenvalue weighted by atomic mass is 16.5. The molecule has 2 rings (SSSR count). The number of hydrogen-bond acceptors (Lipinski definition) is 3. The lowest BCUT2D eigenvalue weighted by atomic mass is 9.96. The van der Waals surface area contributed by atoms with Crippen LogP contribution in [0.15, 0.2) is 54.6 Å². The quantitative estimate of drug-likeness (QED) is 0.740. The van der Waals surface area contributed by atoms with Crippen LogP contribution in [0.4, 0.5) is 0 Å². The zero-order valence-corrected chi connectivity index (χ0v) is 14.9. The molecule has 2 N–H and O–H groups in total. The number of nitrogens with one attached hydrogen (secondary N) is 1. The molecule has 0 saturated carbocycles. The first kappa shape index (κ1) is 18.7. The largest absolute Gasteiger partial charge is 0.396 e. The minimum absolute atomic E-state index is 0.00371. The summed E-state index contributed by atoms with van der Waals surface area (Å²) in [6.45, 7) is 5.19. The van der Waals surface area contributed by atoms with Crippen molar-refractivity contribution in [1.29, 1.82) is 0 Å². The standard InChI is InChI=1S/C21H29NO2/c1-16-9-7-8-12-20(16)13-18(15-23)14-22-17(2)21(24-3)19-10-5-4-6-11-19/h4-12,17-18,21-23H,13-15H2,1-3H3. The van der Waals surface area contributed by atoms with Gasteiger partial charge in [0.25, 0.3) is 0 Å². The van der Waals surface area contributed by atoms with Gasteiger partial charge in [0.1, 0.15) is 0 Å². The fraction of sp³-hybridized carbons (Fsp3) is 0.429. The molecule has 3 nitrogen and oxygen atoms in total. The maximum Gasteiger partial charge on any atom is 0.0971 e. The summed E-state index contributed by atoms with van der Waals surface area (Å²) < 4.78 is 5.68. The number of aliphatic hydroxyl groups is 1. The molecule has 0 aliphatic rings. The molecule has 2 aromatic rings. The molecule has 0 aromatic heterocycles. The van der Waals surface area contributed by atoms with E-state index in [4.69, 9.17) is 4.74 Å². The first-order chi connectivity index (χ1) is 11.7. The van der Waals surface area contributed by atoms with Gasteiger partial charge in [0.05, 0.1) is 6.10 Å². The van der Waals surface area contributed by atoms with Crippen LogP contribution in [0.3, 0.4) is 0 Å². The minimum atomic E-state index is 0.00371. The molecule has 0 heterocycles. The van der Waals surface area contributed by atoms with Crippen molar-refractivity contribution in [3.63, 3.8) is 0 Å². The number of hydrogen-bond donors (Lipinski definition) is 2. The van der Waals surface area contributed by atoms with Crippen molar-refractivity contribution in [1.82, 2.24) is 5.32 Å². The molecule has 0 saturated heterocycles. The van der Waals surface area contributed by atoms with Crippen LogP contribution in [-0.2, 0) is 11.2 Å². The Balaban J connectivity index is 1.93. The highest BCUT2D eigenvalue weighted by Crippen LogP contribution is 2.20. The molecular formula is C21H29NO2. The van der Waals surface area contributed by atoms with Gasteiger partial charge in [-0.1, -0.05) is 54.6 Å². The number of rotatable bonds is 9. The molecule has 0 bridgehead atoms. The van der Waals surface area contributed by atoms with Gasteiger partial charge in [-0.25, -0.2) is 0 Å².